The molecule has 0 saturated heterocycles. The average molecular weight is 293 g/mol. The molecule has 4 nitrogen and oxygen atoms in total. The highest BCUT2D eigenvalue weighted by Crippen LogP contribution is 2.33. The van der Waals surface area contributed by atoms with Gasteiger partial charge in [0.15, 0.2) is 17.1 Å². The topological polar surface area (TPSA) is 59.3 Å². The molecule has 0 spiro atoms. The van der Waals surface area contributed by atoms with Gasteiger partial charge in [0.25, 0.3) is 0 Å². The van der Waals surface area contributed by atoms with Crippen LogP contribution in [0.4, 0.5) is 8.78 Å². The summed E-state index contributed by atoms with van der Waals surface area (Å²) in [5.41, 5.74) is -0.647. The number of hydrogen-bond acceptors (Lipinski definition) is 2. The van der Waals surface area contributed by atoms with Gasteiger partial charge in [-0.1, -0.05) is 12.8 Å². The number of halogens is 2. The van der Waals surface area contributed by atoms with Crippen LogP contribution in [0.2, 0.25) is 0 Å². The zero-order chi connectivity index (χ0) is 15.1. The minimum absolute atomic E-state index is 0.00537. The Hall–Kier alpha value is -2.24. The van der Waals surface area contributed by atoms with Crippen molar-refractivity contribution in [2.24, 2.45) is 0 Å². The van der Waals surface area contributed by atoms with Crippen LogP contribution in [0.15, 0.2) is 23.0 Å². The molecule has 6 heteroatoms. The summed E-state index contributed by atoms with van der Waals surface area (Å²) in [5.74, 6) is -3.44. The fraction of sp³-hybridized carbons (Fsp3) is 0.333. The normalized spacial score (nSPS) is 15.7. The quantitative estimate of drug-likeness (QED) is 0.925. The lowest BCUT2D eigenvalue weighted by atomic mass is 10.1. The molecule has 0 atom stereocenters. The molecule has 1 aromatic heterocycles. The van der Waals surface area contributed by atoms with Gasteiger partial charge in [-0.2, -0.15) is 0 Å². The summed E-state index contributed by atoms with van der Waals surface area (Å²) in [4.78, 5) is 23.4. The van der Waals surface area contributed by atoms with Crippen molar-refractivity contribution in [2.75, 3.05) is 0 Å². The third-order valence-electron chi connectivity index (χ3n) is 4.00. The average Bonchev–Trinajstić information content (AvgIpc) is 2.94. The Morgan fingerprint density at radius 3 is 2.38 bits per heavy atom. The molecule has 1 N–H and O–H groups in total. The fourth-order valence-electron chi connectivity index (χ4n) is 3.05. The molecule has 1 saturated carbocycles. The van der Waals surface area contributed by atoms with Crippen LogP contribution < -0.4 is 5.43 Å². The highest BCUT2D eigenvalue weighted by Gasteiger charge is 2.24. The molecule has 3 rings (SSSR count). The summed E-state index contributed by atoms with van der Waals surface area (Å²) < 4.78 is 28.4. The van der Waals surface area contributed by atoms with Gasteiger partial charge in [0.2, 0.25) is 0 Å². The summed E-state index contributed by atoms with van der Waals surface area (Å²) in [6, 6.07) is 2.63. The highest BCUT2D eigenvalue weighted by molar-refractivity contribution is 5.90. The maximum Gasteiger partial charge on any atom is 0.352 e. The first-order valence-corrected chi connectivity index (χ1v) is 6.76. The van der Waals surface area contributed by atoms with E-state index in [0.717, 1.165) is 43.9 Å². The number of carboxylic acid groups (broad SMARTS) is 1. The van der Waals surface area contributed by atoms with Crippen LogP contribution >= 0.6 is 0 Å². The number of nitrogens with zero attached hydrogens (tertiary/aromatic N) is 1. The van der Waals surface area contributed by atoms with Crippen LogP contribution in [0.25, 0.3) is 10.9 Å². The number of hydrogen-bond donors (Lipinski definition) is 1. The van der Waals surface area contributed by atoms with Crippen LogP contribution in [0.5, 0.6) is 0 Å². The van der Waals surface area contributed by atoms with E-state index in [1.165, 1.54) is 4.57 Å². The molecule has 0 aliphatic heterocycles. The lowest BCUT2D eigenvalue weighted by molar-refractivity contribution is 0.0682. The molecular formula is C15H13F2NO3. The SMILES string of the molecule is O=C(O)c1cc(=O)c2cc(F)c(F)cc2n1C1CCCC1. The maximum absolute atomic E-state index is 13.5. The number of benzene rings is 1. The molecule has 1 fully saturated rings. The minimum Gasteiger partial charge on any atom is -0.477 e. The Bertz CT molecular complexity index is 792. The Kier molecular flexibility index (Phi) is 3.23. The second kappa shape index (κ2) is 4.95. The van der Waals surface area contributed by atoms with Crippen LogP contribution in [-0.2, 0) is 0 Å². The number of rotatable bonds is 2. The number of pyridine rings is 1. The smallest absolute Gasteiger partial charge is 0.352 e. The van der Waals surface area contributed by atoms with Crippen molar-refractivity contribution in [1.29, 1.82) is 0 Å². The second-order valence-electron chi connectivity index (χ2n) is 5.29. The van der Waals surface area contributed by atoms with Gasteiger partial charge in [-0.25, -0.2) is 13.6 Å². The Balaban J connectivity index is 2.41. The highest BCUT2D eigenvalue weighted by atomic mass is 19.2. The molecule has 1 aliphatic rings. The first-order valence-electron chi connectivity index (χ1n) is 6.76. The zero-order valence-electron chi connectivity index (χ0n) is 11.1. The van der Waals surface area contributed by atoms with E-state index in [4.69, 9.17) is 0 Å². The standard InChI is InChI=1S/C15H13F2NO3/c16-10-5-9-12(6-11(10)17)18(8-3-1-2-4-8)13(15(20)21)7-14(9)19/h5-8H,1-4H2,(H,20,21). The van der Waals surface area contributed by atoms with Crippen molar-refractivity contribution in [1.82, 2.24) is 4.57 Å². The third kappa shape index (κ3) is 2.20. The van der Waals surface area contributed by atoms with Crippen LogP contribution in [0.3, 0.4) is 0 Å². The number of aromatic carboxylic acids is 1. The van der Waals surface area contributed by atoms with Gasteiger partial charge >= 0.3 is 5.97 Å². The van der Waals surface area contributed by atoms with E-state index in [2.05, 4.69) is 0 Å². The van der Waals surface area contributed by atoms with Crippen LogP contribution in [-0.4, -0.2) is 15.6 Å². The van der Waals surface area contributed by atoms with Crippen molar-refractivity contribution in [3.05, 3.63) is 45.8 Å². The third-order valence-corrected chi connectivity index (χ3v) is 4.00. The molecule has 1 aliphatic carbocycles. The second-order valence-corrected chi connectivity index (χ2v) is 5.29. The number of carbonyl (C=O) groups is 1. The monoisotopic (exact) mass is 293 g/mol. The lowest BCUT2D eigenvalue weighted by Crippen LogP contribution is -2.21. The van der Waals surface area contributed by atoms with E-state index in [0.29, 0.717) is 0 Å². The van der Waals surface area contributed by atoms with Crippen LogP contribution in [0, 0.1) is 11.6 Å². The van der Waals surface area contributed by atoms with Gasteiger partial charge in [0.05, 0.1) is 5.52 Å². The van der Waals surface area contributed by atoms with Gasteiger partial charge in [0, 0.05) is 23.6 Å². The molecule has 21 heavy (non-hydrogen) atoms. The number of aromatic nitrogens is 1. The molecule has 0 unspecified atom stereocenters. The molecule has 0 bridgehead atoms. The summed E-state index contributed by atoms with van der Waals surface area (Å²) in [6.07, 6.45) is 3.41. The van der Waals surface area contributed by atoms with Gasteiger partial charge in [0.1, 0.15) is 5.69 Å². The molecule has 110 valence electrons. The van der Waals surface area contributed by atoms with Gasteiger partial charge < -0.3 is 9.67 Å². The maximum atomic E-state index is 13.5. The van der Waals surface area contributed by atoms with Crippen molar-refractivity contribution in [2.45, 2.75) is 31.7 Å². The van der Waals surface area contributed by atoms with Crippen molar-refractivity contribution in [3.63, 3.8) is 0 Å². The fourth-order valence-corrected chi connectivity index (χ4v) is 3.05. The molecule has 0 radical (unpaired) electrons. The van der Waals surface area contributed by atoms with Crippen molar-refractivity contribution in [3.8, 4) is 0 Å². The van der Waals surface area contributed by atoms with E-state index < -0.39 is 23.0 Å². The Labute approximate surface area is 118 Å². The molecule has 2 aromatic rings. The minimum atomic E-state index is -1.24. The van der Waals surface area contributed by atoms with E-state index >= 15 is 0 Å². The molecule has 1 aromatic carbocycles. The molecular weight excluding hydrogens is 280 g/mol. The van der Waals surface area contributed by atoms with E-state index in [-0.39, 0.29) is 22.6 Å². The summed E-state index contributed by atoms with van der Waals surface area (Å²) in [7, 11) is 0. The number of carboxylic acids is 1. The summed E-state index contributed by atoms with van der Waals surface area (Å²) >= 11 is 0. The predicted molar refractivity (Wildman–Crippen MR) is 72.6 cm³/mol. The van der Waals surface area contributed by atoms with Gasteiger partial charge in [-0.3, -0.25) is 4.79 Å². The van der Waals surface area contributed by atoms with E-state index in [1.807, 2.05) is 0 Å². The molecule has 1 heterocycles. The largest absolute Gasteiger partial charge is 0.477 e. The van der Waals surface area contributed by atoms with Gasteiger partial charge in [-0.15, -0.1) is 0 Å². The zero-order valence-corrected chi connectivity index (χ0v) is 11.1. The van der Waals surface area contributed by atoms with Gasteiger partial charge in [-0.05, 0) is 18.9 Å². The molecule has 0 amide bonds. The van der Waals surface area contributed by atoms with E-state index in [9.17, 15) is 23.5 Å². The van der Waals surface area contributed by atoms with Crippen molar-refractivity contribution < 1.29 is 18.7 Å². The summed E-state index contributed by atoms with van der Waals surface area (Å²) in [6.45, 7) is 0. The first kappa shape index (κ1) is 13.7. The van der Waals surface area contributed by atoms with E-state index in [1.54, 1.807) is 0 Å². The Morgan fingerprint density at radius 1 is 1.14 bits per heavy atom. The summed E-state index contributed by atoms with van der Waals surface area (Å²) in [5, 5.41) is 9.31. The van der Waals surface area contributed by atoms with Crippen molar-refractivity contribution >= 4 is 16.9 Å². The van der Waals surface area contributed by atoms with Crippen LogP contribution in [0.1, 0.15) is 42.2 Å². The lowest BCUT2D eigenvalue weighted by Gasteiger charge is -2.20. The number of fused-ring (bicyclic) bond motifs is 1. The first-order chi connectivity index (χ1) is 9.99. The Morgan fingerprint density at radius 2 is 1.76 bits per heavy atom. The predicted octanol–water partition coefficient (Wildman–Crippen LogP) is 3.09.